The van der Waals surface area contributed by atoms with E-state index in [1.807, 2.05) is 0 Å². The first kappa shape index (κ1) is 22.8. The Morgan fingerprint density at radius 2 is 1.90 bits per heavy atom. The van der Waals surface area contributed by atoms with Gasteiger partial charge in [-0.05, 0) is 45.7 Å². The lowest BCUT2D eigenvalue weighted by atomic mass is 9.98. The topological polar surface area (TPSA) is 135 Å². The maximum atomic E-state index is 12.6. The van der Waals surface area contributed by atoms with Gasteiger partial charge in [0.05, 0.1) is 5.92 Å². The number of urea groups is 1. The van der Waals surface area contributed by atoms with Gasteiger partial charge in [0.15, 0.2) is 6.61 Å². The standard InChI is InChI=1S/C18H26N4O6S/c1-18(2,3)21-17(25)20-15(23)12-28-16(24)13-6-9-22(10-7-13)29(26,27)14-5-4-8-19-11-14/h4-5,8,11,13H,6-7,9-10,12H2,1-3H3,(H2,20,21,23,25). The van der Waals surface area contributed by atoms with Gasteiger partial charge >= 0.3 is 12.0 Å². The smallest absolute Gasteiger partial charge is 0.321 e. The number of aromatic nitrogens is 1. The minimum Gasteiger partial charge on any atom is -0.455 e. The predicted molar refractivity (Wildman–Crippen MR) is 103 cm³/mol. The van der Waals surface area contributed by atoms with E-state index in [2.05, 4.69) is 15.6 Å². The molecular weight excluding hydrogens is 400 g/mol. The number of sulfonamides is 1. The number of nitrogens with zero attached hydrogens (tertiary/aromatic N) is 2. The van der Waals surface area contributed by atoms with Gasteiger partial charge in [-0.1, -0.05) is 0 Å². The van der Waals surface area contributed by atoms with E-state index in [0.29, 0.717) is 0 Å². The van der Waals surface area contributed by atoms with Crippen LogP contribution in [0.3, 0.4) is 0 Å². The van der Waals surface area contributed by atoms with Crippen LogP contribution in [0.15, 0.2) is 29.4 Å². The summed E-state index contributed by atoms with van der Waals surface area (Å²) in [4.78, 5) is 39.4. The SMILES string of the molecule is CC(C)(C)NC(=O)NC(=O)COC(=O)C1CCN(S(=O)(=O)c2cccnc2)CC1. The molecule has 1 aromatic rings. The van der Waals surface area contributed by atoms with Gasteiger partial charge in [-0.15, -0.1) is 0 Å². The summed E-state index contributed by atoms with van der Waals surface area (Å²) in [5, 5.41) is 4.64. The molecule has 0 unspecified atom stereocenters. The molecule has 1 aliphatic rings. The number of imide groups is 1. The number of ether oxygens (including phenoxy) is 1. The quantitative estimate of drug-likeness (QED) is 0.660. The Morgan fingerprint density at radius 3 is 2.45 bits per heavy atom. The van der Waals surface area contributed by atoms with E-state index in [0.717, 1.165) is 0 Å². The third-order valence-corrected chi connectivity index (χ3v) is 6.03. The molecule has 0 aliphatic carbocycles. The Bertz CT molecular complexity index is 843. The average molecular weight is 426 g/mol. The van der Waals surface area contributed by atoms with Crippen LogP contribution in [0.1, 0.15) is 33.6 Å². The first-order valence-electron chi connectivity index (χ1n) is 9.18. The van der Waals surface area contributed by atoms with E-state index >= 15 is 0 Å². The van der Waals surface area contributed by atoms with Gasteiger partial charge in [0.25, 0.3) is 5.91 Å². The Hall–Kier alpha value is -2.53. The number of nitrogens with one attached hydrogen (secondary N) is 2. The minimum absolute atomic E-state index is 0.103. The lowest BCUT2D eigenvalue weighted by Crippen LogP contribution is -2.49. The summed E-state index contributed by atoms with van der Waals surface area (Å²) in [5.74, 6) is -1.84. The van der Waals surface area contributed by atoms with Crippen LogP contribution in [0.2, 0.25) is 0 Å². The Labute approximate surface area is 170 Å². The molecule has 0 radical (unpaired) electrons. The molecule has 1 fully saturated rings. The van der Waals surface area contributed by atoms with Crippen molar-refractivity contribution >= 4 is 27.9 Å². The van der Waals surface area contributed by atoms with E-state index in [-0.39, 0.29) is 30.8 Å². The predicted octanol–water partition coefficient (Wildman–Crippen LogP) is 0.650. The molecule has 1 aliphatic heterocycles. The van der Waals surface area contributed by atoms with E-state index < -0.39 is 46.0 Å². The second-order valence-corrected chi connectivity index (χ2v) is 9.67. The van der Waals surface area contributed by atoms with Crippen molar-refractivity contribution in [3.05, 3.63) is 24.5 Å². The van der Waals surface area contributed by atoms with Crippen LogP contribution in [-0.4, -0.2) is 60.8 Å². The first-order valence-corrected chi connectivity index (χ1v) is 10.6. The molecular formula is C18H26N4O6S. The van der Waals surface area contributed by atoms with Crippen LogP contribution in [-0.2, 0) is 24.3 Å². The van der Waals surface area contributed by atoms with Crippen LogP contribution in [0.4, 0.5) is 4.79 Å². The van der Waals surface area contributed by atoms with Crippen LogP contribution < -0.4 is 10.6 Å². The summed E-state index contributed by atoms with van der Waals surface area (Å²) < 4.78 is 31.4. The minimum atomic E-state index is -3.66. The van der Waals surface area contributed by atoms with Gasteiger partial charge < -0.3 is 10.1 Å². The highest BCUT2D eigenvalue weighted by atomic mass is 32.2. The molecule has 2 heterocycles. The number of pyridine rings is 1. The summed E-state index contributed by atoms with van der Waals surface area (Å²) >= 11 is 0. The maximum Gasteiger partial charge on any atom is 0.321 e. The molecule has 11 heteroatoms. The number of esters is 1. The lowest BCUT2D eigenvalue weighted by molar-refractivity contribution is -0.153. The van der Waals surface area contributed by atoms with E-state index in [9.17, 15) is 22.8 Å². The van der Waals surface area contributed by atoms with Crippen LogP contribution in [0, 0.1) is 5.92 Å². The number of amides is 3. The molecule has 0 bridgehead atoms. The van der Waals surface area contributed by atoms with E-state index in [4.69, 9.17) is 4.74 Å². The van der Waals surface area contributed by atoms with Crippen molar-refractivity contribution in [2.24, 2.45) is 5.92 Å². The number of carbonyl (C=O) groups is 3. The second-order valence-electron chi connectivity index (χ2n) is 7.73. The third-order valence-electron chi connectivity index (χ3n) is 4.15. The zero-order chi connectivity index (χ0) is 21.7. The van der Waals surface area contributed by atoms with Crippen LogP contribution in [0.25, 0.3) is 0 Å². The fraction of sp³-hybridized carbons (Fsp3) is 0.556. The van der Waals surface area contributed by atoms with Gasteiger partial charge in [-0.2, -0.15) is 4.31 Å². The van der Waals surface area contributed by atoms with Crippen molar-refractivity contribution in [2.75, 3.05) is 19.7 Å². The summed E-state index contributed by atoms with van der Waals surface area (Å²) in [6, 6.07) is 2.34. The van der Waals surface area contributed by atoms with Crippen molar-refractivity contribution in [1.29, 1.82) is 0 Å². The summed E-state index contributed by atoms with van der Waals surface area (Å²) in [6.45, 7) is 5.03. The molecule has 3 amide bonds. The van der Waals surface area contributed by atoms with Crippen molar-refractivity contribution < 1.29 is 27.5 Å². The Morgan fingerprint density at radius 1 is 1.24 bits per heavy atom. The normalized spacial score (nSPS) is 16.1. The van der Waals surface area contributed by atoms with Crippen molar-refractivity contribution in [2.45, 2.75) is 44.0 Å². The van der Waals surface area contributed by atoms with Gasteiger partial charge in [0, 0.05) is 31.0 Å². The number of carbonyl (C=O) groups excluding carboxylic acids is 3. The van der Waals surface area contributed by atoms with Crippen LogP contribution >= 0.6 is 0 Å². The monoisotopic (exact) mass is 426 g/mol. The van der Waals surface area contributed by atoms with Crippen molar-refractivity contribution in [3.8, 4) is 0 Å². The zero-order valence-electron chi connectivity index (χ0n) is 16.7. The fourth-order valence-corrected chi connectivity index (χ4v) is 4.20. The Kier molecular flexibility index (Phi) is 7.31. The largest absolute Gasteiger partial charge is 0.455 e. The molecule has 2 rings (SSSR count). The summed E-state index contributed by atoms with van der Waals surface area (Å²) in [7, 11) is -3.66. The fourth-order valence-electron chi connectivity index (χ4n) is 2.77. The molecule has 2 N–H and O–H groups in total. The zero-order valence-corrected chi connectivity index (χ0v) is 17.5. The number of rotatable bonds is 5. The first-order chi connectivity index (χ1) is 13.5. The van der Waals surface area contributed by atoms with Crippen molar-refractivity contribution in [1.82, 2.24) is 19.9 Å². The van der Waals surface area contributed by atoms with Crippen molar-refractivity contribution in [3.63, 3.8) is 0 Å². The third kappa shape index (κ3) is 6.79. The summed E-state index contributed by atoms with van der Waals surface area (Å²) in [5.41, 5.74) is -0.509. The van der Waals surface area contributed by atoms with Gasteiger partial charge in [0.2, 0.25) is 10.0 Å². The number of piperidine rings is 1. The molecule has 0 atom stereocenters. The molecule has 1 saturated heterocycles. The highest BCUT2D eigenvalue weighted by molar-refractivity contribution is 7.89. The molecule has 29 heavy (non-hydrogen) atoms. The highest BCUT2D eigenvalue weighted by Gasteiger charge is 2.33. The van der Waals surface area contributed by atoms with Gasteiger partial charge in [-0.3, -0.25) is 19.9 Å². The number of hydrogen-bond acceptors (Lipinski definition) is 7. The molecule has 1 aromatic heterocycles. The van der Waals surface area contributed by atoms with E-state index in [1.165, 1.54) is 22.8 Å². The van der Waals surface area contributed by atoms with E-state index in [1.54, 1.807) is 26.8 Å². The molecule has 10 nitrogen and oxygen atoms in total. The van der Waals surface area contributed by atoms with Gasteiger partial charge in [-0.25, -0.2) is 13.2 Å². The molecule has 0 spiro atoms. The average Bonchev–Trinajstić information content (AvgIpc) is 2.65. The second kappa shape index (κ2) is 9.31. The molecule has 160 valence electrons. The van der Waals surface area contributed by atoms with Crippen LogP contribution in [0.5, 0.6) is 0 Å². The number of hydrogen-bond donors (Lipinski definition) is 2. The molecule has 0 aromatic carbocycles. The Balaban J connectivity index is 1.79. The van der Waals surface area contributed by atoms with Gasteiger partial charge in [0.1, 0.15) is 4.90 Å². The molecule has 0 saturated carbocycles. The summed E-state index contributed by atoms with van der Waals surface area (Å²) in [6.07, 6.45) is 3.34. The lowest BCUT2D eigenvalue weighted by Gasteiger charge is -2.29. The highest BCUT2D eigenvalue weighted by Crippen LogP contribution is 2.24. The maximum absolute atomic E-state index is 12.6.